The van der Waals surface area contributed by atoms with E-state index in [0.717, 1.165) is 7.11 Å². The minimum Gasteiger partial charge on any atom is -0.468 e. The molecule has 0 saturated carbocycles. The molecule has 0 heterocycles. The number of nitrogens with two attached hydrogens (primary N) is 1. The average molecular weight is 221 g/mol. The highest BCUT2D eigenvalue weighted by Crippen LogP contribution is 2.38. The molecule has 0 rings (SSSR count). The second-order valence-corrected chi connectivity index (χ2v) is 2.54. The Balaban J connectivity index is 4.44. The summed E-state index contributed by atoms with van der Waals surface area (Å²) in [6, 6.07) is -1.99. The van der Waals surface area contributed by atoms with Gasteiger partial charge in [-0.1, -0.05) is 0 Å². The number of halogens is 5. The van der Waals surface area contributed by atoms with Gasteiger partial charge in [-0.15, -0.1) is 0 Å². The number of carbonyl (C=O) groups excluding carboxylic acids is 1. The van der Waals surface area contributed by atoms with Gasteiger partial charge in [0.25, 0.3) is 0 Å². The van der Waals surface area contributed by atoms with Gasteiger partial charge in [0.1, 0.15) is 6.04 Å². The van der Waals surface area contributed by atoms with E-state index in [2.05, 4.69) is 4.74 Å². The van der Waals surface area contributed by atoms with Gasteiger partial charge in [-0.05, 0) is 0 Å². The predicted molar refractivity (Wildman–Crippen MR) is 35.6 cm³/mol. The number of esters is 1. The maximum atomic E-state index is 12.3. The van der Waals surface area contributed by atoms with Crippen molar-refractivity contribution in [2.75, 3.05) is 7.11 Å². The first-order valence-electron chi connectivity index (χ1n) is 3.40. The molecule has 0 aromatic heterocycles. The van der Waals surface area contributed by atoms with Crippen molar-refractivity contribution < 1.29 is 31.5 Å². The zero-order valence-electron chi connectivity index (χ0n) is 7.07. The van der Waals surface area contributed by atoms with Gasteiger partial charge < -0.3 is 10.5 Å². The van der Waals surface area contributed by atoms with Crippen LogP contribution in [0.5, 0.6) is 0 Å². The fraction of sp³-hybridized carbons (Fsp3) is 0.833. The Morgan fingerprint density at radius 3 is 2.07 bits per heavy atom. The van der Waals surface area contributed by atoms with Crippen molar-refractivity contribution in [2.45, 2.75) is 24.6 Å². The number of hydrogen-bond donors (Lipinski definition) is 1. The summed E-state index contributed by atoms with van der Waals surface area (Å²) in [5.41, 5.74) is 4.76. The van der Waals surface area contributed by atoms with Crippen molar-refractivity contribution >= 4 is 5.97 Å². The first kappa shape index (κ1) is 13.1. The van der Waals surface area contributed by atoms with Crippen molar-refractivity contribution in [3.63, 3.8) is 0 Å². The van der Waals surface area contributed by atoms with Crippen molar-refractivity contribution in [3.05, 3.63) is 0 Å². The van der Waals surface area contributed by atoms with Crippen molar-refractivity contribution in [1.29, 1.82) is 0 Å². The average Bonchev–Trinajstić information content (AvgIpc) is 2.00. The van der Waals surface area contributed by atoms with E-state index in [1.54, 1.807) is 0 Å². The highest BCUT2D eigenvalue weighted by atomic mass is 19.4. The van der Waals surface area contributed by atoms with E-state index in [0.29, 0.717) is 0 Å². The van der Waals surface area contributed by atoms with Gasteiger partial charge >= 0.3 is 18.1 Å². The molecule has 8 heteroatoms. The van der Waals surface area contributed by atoms with Crippen LogP contribution in [0.2, 0.25) is 0 Å². The van der Waals surface area contributed by atoms with Crippen LogP contribution < -0.4 is 5.73 Å². The van der Waals surface area contributed by atoms with Gasteiger partial charge in [-0.3, -0.25) is 4.79 Å². The quantitative estimate of drug-likeness (QED) is 0.573. The summed E-state index contributed by atoms with van der Waals surface area (Å²) in [5.74, 6) is -6.30. The van der Waals surface area contributed by atoms with E-state index >= 15 is 0 Å². The van der Waals surface area contributed by atoms with Gasteiger partial charge in [0, 0.05) is 6.42 Å². The third kappa shape index (κ3) is 3.09. The molecule has 0 aromatic rings. The zero-order valence-corrected chi connectivity index (χ0v) is 7.07. The highest BCUT2D eigenvalue weighted by molar-refractivity contribution is 5.75. The van der Waals surface area contributed by atoms with Crippen molar-refractivity contribution in [1.82, 2.24) is 0 Å². The Hall–Kier alpha value is -0.920. The zero-order chi connectivity index (χ0) is 11.6. The Bertz CT molecular complexity index is 215. The standard InChI is InChI=1S/C6H8F5NO2/c1-14-4(13)3(12)2-5(7,8)6(9,10)11/h3H,2,12H2,1H3/t3-/m1/s1. The summed E-state index contributed by atoms with van der Waals surface area (Å²) in [5, 5.41) is 0. The van der Waals surface area contributed by atoms with Gasteiger partial charge in [-0.25, -0.2) is 0 Å². The number of methoxy groups -OCH3 is 1. The van der Waals surface area contributed by atoms with Crippen LogP contribution in [-0.2, 0) is 9.53 Å². The maximum Gasteiger partial charge on any atom is 0.453 e. The van der Waals surface area contributed by atoms with E-state index in [4.69, 9.17) is 5.73 Å². The first-order valence-corrected chi connectivity index (χ1v) is 3.40. The molecule has 0 radical (unpaired) electrons. The predicted octanol–water partition coefficient (Wildman–Crippen LogP) is 1.07. The van der Waals surface area contributed by atoms with E-state index in [1.807, 2.05) is 0 Å². The first-order chi connectivity index (χ1) is 6.12. The van der Waals surface area contributed by atoms with Crippen LogP contribution in [0, 0.1) is 0 Å². The minimum atomic E-state index is -5.71. The molecule has 0 fully saturated rings. The molecule has 0 aliphatic rings. The highest BCUT2D eigenvalue weighted by Gasteiger charge is 2.58. The van der Waals surface area contributed by atoms with E-state index in [1.165, 1.54) is 0 Å². The van der Waals surface area contributed by atoms with Crippen LogP contribution >= 0.6 is 0 Å². The molecule has 0 aliphatic heterocycles. The number of ether oxygens (including phenoxy) is 1. The Morgan fingerprint density at radius 1 is 1.36 bits per heavy atom. The Kier molecular flexibility index (Phi) is 3.81. The number of rotatable bonds is 3. The second-order valence-electron chi connectivity index (χ2n) is 2.54. The molecule has 0 saturated heterocycles. The number of carbonyl (C=O) groups is 1. The van der Waals surface area contributed by atoms with Crippen LogP contribution in [0.4, 0.5) is 22.0 Å². The normalized spacial score (nSPS) is 15.1. The third-order valence-electron chi connectivity index (χ3n) is 1.39. The van der Waals surface area contributed by atoms with Crippen LogP contribution in [0.3, 0.4) is 0 Å². The molecule has 14 heavy (non-hydrogen) atoms. The second kappa shape index (κ2) is 4.07. The largest absolute Gasteiger partial charge is 0.468 e. The third-order valence-corrected chi connectivity index (χ3v) is 1.39. The van der Waals surface area contributed by atoms with Gasteiger partial charge in [0.15, 0.2) is 0 Å². The SMILES string of the molecule is COC(=O)[C@H](N)CC(F)(F)C(F)(F)F. The van der Waals surface area contributed by atoms with E-state index in [9.17, 15) is 26.7 Å². The topological polar surface area (TPSA) is 52.3 Å². The molecule has 0 aromatic carbocycles. The fourth-order valence-corrected chi connectivity index (χ4v) is 0.627. The lowest BCUT2D eigenvalue weighted by Gasteiger charge is -2.21. The van der Waals surface area contributed by atoms with Crippen molar-refractivity contribution in [3.8, 4) is 0 Å². The summed E-state index contributed by atoms with van der Waals surface area (Å²) >= 11 is 0. The molecular formula is C6H8F5NO2. The van der Waals surface area contributed by atoms with Gasteiger partial charge in [0.2, 0.25) is 0 Å². The minimum absolute atomic E-state index is 0.841. The molecule has 1 atom stereocenters. The lowest BCUT2D eigenvalue weighted by molar-refractivity contribution is -0.285. The summed E-state index contributed by atoms with van der Waals surface area (Å²) in [6.07, 6.45) is -7.53. The molecule has 0 amide bonds. The monoisotopic (exact) mass is 221 g/mol. The molecule has 2 N–H and O–H groups in total. The molecular weight excluding hydrogens is 213 g/mol. The maximum absolute atomic E-state index is 12.3. The molecule has 0 unspecified atom stereocenters. The van der Waals surface area contributed by atoms with Crippen LogP contribution in [-0.4, -0.2) is 31.2 Å². The lowest BCUT2D eigenvalue weighted by atomic mass is 10.1. The summed E-state index contributed by atoms with van der Waals surface area (Å²) < 4.78 is 63.2. The summed E-state index contributed by atoms with van der Waals surface area (Å²) in [6.45, 7) is 0. The lowest BCUT2D eigenvalue weighted by Crippen LogP contribution is -2.45. The fourth-order valence-electron chi connectivity index (χ4n) is 0.627. The number of alkyl halides is 5. The molecule has 0 spiro atoms. The van der Waals surface area contributed by atoms with Gasteiger partial charge in [0.05, 0.1) is 7.11 Å². The number of hydrogen-bond acceptors (Lipinski definition) is 3. The van der Waals surface area contributed by atoms with Crippen LogP contribution in [0.15, 0.2) is 0 Å². The molecule has 0 bridgehead atoms. The van der Waals surface area contributed by atoms with E-state index < -0.39 is 30.5 Å². The van der Waals surface area contributed by atoms with Crippen molar-refractivity contribution in [2.24, 2.45) is 5.73 Å². The van der Waals surface area contributed by atoms with E-state index in [-0.39, 0.29) is 0 Å². The Labute approximate surface area is 76.0 Å². The molecule has 0 aliphatic carbocycles. The van der Waals surface area contributed by atoms with Gasteiger partial charge in [-0.2, -0.15) is 22.0 Å². The Morgan fingerprint density at radius 2 is 1.79 bits per heavy atom. The van der Waals surface area contributed by atoms with Crippen LogP contribution in [0.25, 0.3) is 0 Å². The summed E-state index contributed by atoms with van der Waals surface area (Å²) in [7, 11) is 0.841. The molecule has 84 valence electrons. The summed E-state index contributed by atoms with van der Waals surface area (Å²) in [4.78, 5) is 10.5. The molecule has 3 nitrogen and oxygen atoms in total. The smallest absolute Gasteiger partial charge is 0.453 e. The van der Waals surface area contributed by atoms with Crippen LogP contribution in [0.1, 0.15) is 6.42 Å².